The Morgan fingerprint density at radius 3 is 1.73 bits per heavy atom. The molecule has 2 aromatic rings. The molecule has 0 saturated carbocycles. The van der Waals surface area contributed by atoms with E-state index >= 15 is 0 Å². The molecule has 2 N–H and O–H groups in total. The molecule has 0 radical (unpaired) electrons. The molecule has 0 aliphatic carbocycles. The Bertz CT molecular complexity index is 692. The third-order valence-corrected chi connectivity index (χ3v) is 5.12. The summed E-state index contributed by atoms with van der Waals surface area (Å²) in [7, 11) is 1.95. The number of benzene rings is 2. The minimum atomic E-state index is 0. The molecule has 2 unspecified atom stereocenters. The van der Waals surface area contributed by atoms with E-state index in [2.05, 4.69) is 69.1 Å². The van der Waals surface area contributed by atoms with Crippen LogP contribution in [0.15, 0.2) is 53.5 Å². The quantitative estimate of drug-likeness (QED) is 0.482. The van der Waals surface area contributed by atoms with E-state index in [1.807, 2.05) is 24.1 Å². The first kappa shape index (κ1) is 22.0. The Morgan fingerprint density at radius 1 is 0.885 bits per heavy atom. The molecule has 0 bridgehead atoms. The molecule has 0 aromatic heterocycles. The largest absolute Gasteiger partial charge is 0.369 e. The summed E-state index contributed by atoms with van der Waals surface area (Å²) in [4.78, 5) is 6.48. The van der Waals surface area contributed by atoms with E-state index < -0.39 is 0 Å². The Kier molecular flexibility index (Phi) is 8.67. The zero-order valence-corrected chi connectivity index (χ0v) is 17.4. The van der Waals surface area contributed by atoms with E-state index in [1.165, 1.54) is 11.1 Å². The van der Waals surface area contributed by atoms with Crippen LogP contribution in [0.2, 0.25) is 0 Å². The summed E-state index contributed by atoms with van der Waals surface area (Å²) in [6, 6.07) is 16.9. The van der Waals surface area contributed by atoms with Crippen molar-refractivity contribution < 1.29 is 0 Å². The molecule has 2 rings (SSSR count). The molecule has 0 amide bonds. The second kappa shape index (κ2) is 10.2. The van der Waals surface area contributed by atoms with Crippen LogP contribution in [0, 0.1) is 0 Å². The van der Waals surface area contributed by atoms with Crippen molar-refractivity contribution in [1.29, 1.82) is 0 Å². The van der Waals surface area contributed by atoms with E-state index in [4.69, 9.17) is 5.73 Å². The summed E-state index contributed by atoms with van der Waals surface area (Å²) in [6.45, 7) is 8.90. The summed E-state index contributed by atoms with van der Waals surface area (Å²) < 4.78 is 0. The van der Waals surface area contributed by atoms with Gasteiger partial charge in [0.1, 0.15) is 0 Å². The lowest BCUT2D eigenvalue weighted by molar-refractivity contribution is 0.733. The van der Waals surface area contributed by atoms with Crippen molar-refractivity contribution in [3.8, 4) is 0 Å². The Morgan fingerprint density at radius 2 is 1.31 bits per heavy atom. The minimum Gasteiger partial charge on any atom is -0.369 e. The van der Waals surface area contributed by atoms with Crippen molar-refractivity contribution >= 4 is 29.7 Å². The molecule has 0 aliphatic heterocycles. The van der Waals surface area contributed by atoms with Gasteiger partial charge in [0, 0.05) is 12.7 Å². The first-order chi connectivity index (χ1) is 12.0. The number of anilines is 1. The predicted octanol–water partition coefficient (Wildman–Crippen LogP) is 6.22. The highest BCUT2D eigenvalue weighted by Gasteiger charge is 2.08. The smallest absolute Gasteiger partial charge is 0.200 e. The molecular weight excluding hydrogens is 342 g/mol. The summed E-state index contributed by atoms with van der Waals surface area (Å²) in [5.41, 5.74) is 10.8. The van der Waals surface area contributed by atoms with E-state index in [-0.39, 0.29) is 12.4 Å². The maximum atomic E-state index is 6.21. The van der Waals surface area contributed by atoms with Gasteiger partial charge >= 0.3 is 0 Å². The number of hydrogen-bond acceptors (Lipinski definition) is 1. The van der Waals surface area contributed by atoms with Gasteiger partial charge in [-0.25, -0.2) is 4.99 Å². The predicted molar refractivity (Wildman–Crippen MR) is 117 cm³/mol. The van der Waals surface area contributed by atoms with Crippen molar-refractivity contribution in [3.05, 3.63) is 59.7 Å². The van der Waals surface area contributed by atoms with Gasteiger partial charge in [-0.3, -0.25) is 0 Å². The van der Waals surface area contributed by atoms with Gasteiger partial charge in [-0.2, -0.15) is 0 Å². The number of halogens is 1. The molecule has 3 nitrogen and oxygen atoms in total. The molecule has 2 atom stereocenters. The van der Waals surface area contributed by atoms with Crippen molar-refractivity contribution in [3.63, 3.8) is 0 Å². The number of guanidine groups is 1. The highest BCUT2D eigenvalue weighted by Crippen LogP contribution is 2.24. The van der Waals surface area contributed by atoms with E-state index in [0.717, 1.165) is 24.2 Å². The maximum Gasteiger partial charge on any atom is 0.200 e. The second-order valence-electron chi connectivity index (χ2n) is 6.83. The summed E-state index contributed by atoms with van der Waals surface area (Å²) in [5, 5.41) is 0. The van der Waals surface area contributed by atoms with Crippen LogP contribution in [-0.2, 0) is 0 Å². The zero-order valence-electron chi connectivity index (χ0n) is 16.6. The molecule has 0 fully saturated rings. The third kappa shape index (κ3) is 5.50. The standard InChI is InChI=1S/C22H31N3.ClH/c1-6-16(3)18-8-12-20(13-9-18)24-22(23)25(5)21-14-10-19(11-15-21)17(4)7-2;/h8-17H,6-7H2,1-5H3,(H2,23,24);1H. The zero-order chi connectivity index (χ0) is 18.4. The number of aliphatic imine (C=N–C) groups is 1. The lowest BCUT2D eigenvalue weighted by Crippen LogP contribution is -2.33. The van der Waals surface area contributed by atoms with Gasteiger partial charge in [0.15, 0.2) is 0 Å². The van der Waals surface area contributed by atoms with Crippen LogP contribution in [0.4, 0.5) is 11.4 Å². The number of nitrogens with zero attached hydrogens (tertiary/aromatic N) is 2. The summed E-state index contributed by atoms with van der Waals surface area (Å²) >= 11 is 0. The topological polar surface area (TPSA) is 41.6 Å². The SMILES string of the molecule is CCC(C)c1ccc(N=C(N)N(C)c2ccc(C(C)CC)cc2)cc1.Cl. The number of hydrogen-bond donors (Lipinski definition) is 1. The molecule has 2 aromatic carbocycles. The van der Waals surface area contributed by atoms with E-state index in [0.29, 0.717) is 17.8 Å². The molecule has 0 spiro atoms. The number of nitrogens with two attached hydrogens (primary N) is 1. The lowest BCUT2D eigenvalue weighted by Gasteiger charge is -2.19. The van der Waals surface area contributed by atoms with Gasteiger partial charge in [0.25, 0.3) is 0 Å². The maximum absolute atomic E-state index is 6.21. The molecular formula is C22H32ClN3. The van der Waals surface area contributed by atoms with E-state index in [9.17, 15) is 0 Å². The fourth-order valence-electron chi connectivity index (χ4n) is 2.71. The Hall–Kier alpha value is -2.00. The summed E-state index contributed by atoms with van der Waals surface area (Å²) in [6.07, 6.45) is 2.28. The number of rotatable bonds is 6. The average molecular weight is 374 g/mol. The minimum absolute atomic E-state index is 0. The highest BCUT2D eigenvalue weighted by molar-refractivity contribution is 5.95. The average Bonchev–Trinajstić information content (AvgIpc) is 2.66. The molecule has 0 saturated heterocycles. The van der Waals surface area contributed by atoms with Gasteiger partial charge < -0.3 is 10.6 Å². The lowest BCUT2D eigenvalue weighted by atomic mass is 9.98. The van der Waals surface area contributed by atoms with Crippen LogP contribution in [0.25, 0.3) is 0 Å². The normalized spacial score (nSPS) is 13.7. The Labute approximate surface area is 164 Å². The van der Waals surface area contributed by atoms with Gasteiger partial charge in [-0.05, 0) is 60.1 Å². The van der Waals surface area contributed by atoms with Crippen LogP contribution in [0.3, 0.4) is 0 Å². The molecule has 142 valence electrons. The van der Waals surface area contributed by atoms with Gasteiger partial charge in [-0.15, -0.1) is 12.4 Å². The van der Waals surface area contributed by atoms with Crippen LogP contribution in [0.1, 0.15) is 63.5 Å². The molecule has 0 aliphatic rings. The van der Waals surface area contributed by atoms with Crippen LogP contribution in [-0.4, -0.2) is 13.0 Å². The van der Waals surface area contributed by atoms with Crippen molar-refractivity contribution in [2.24, 2.45) is 10.7 Å². The van der Waals surface area contributed by atoms with Crippen molar-refractivity contribution in [2.45, 2.75) is 52.4 Å². The van der Waals surface area contributed by atoms with Gasteiger partial charge in [0.2, 0.25) is 5.96 Å². The van der Waals surface area contributed by atoms with Crippen LogP contribution < -0.4 is 10.6 Å². The first-order valence-corrected chi connectivity index (χ1v) is 9.24. The van der Waals surface area contributed by atoms with Crippen LogP contribution >= 0.6 is 12.4 Å². The van der Waals surface area contributed by atoms with E-state index in [1.54, 1.807) is 0 Å². The fourth-order valence-corrected chi connectivity index (χ4v) is 2.71. The van der Waals surface area contributed by atoms with Gasteiger partial charge in [-0.1, -0.05) is 52.0 Å². The third-order valence-electron chi connectivity index (χ3n) is 5.12. The fraction of sp³-hybridized carbons (Fsp3) is 0.409. The van der Waals surface area contributed by atoms with Crippen molar-refractivity contribution in [2.75, 3.05) is 11.9 Å². The monoisotopic (exact) mass is 373 g/mol. The second-order valence-corrected chi connectivity index (χ2v) is 6.83. The molecule has 26 heavy (non-hydrogen) atoms. The highest BCUT2D eigenvalue weighted by atomic mass is 35.5. The van der Waals surface area contributed by atoms with Crippen LogP contribution in [0.5, 0.6) is 0 Å². The first-order valence-electron chi connectivity index (χ1n) is 9.24. The van der Waals surface area contributed by atoms with Crippen molar-refractivity contribution in [1.82, 2.24) is 0 Å². The molecule has 4 heteroatoms. The van der Waals surface area contributed by atoms with Gasteiger partial charge in [0.05, 0.1) is 5.69 Å². The Balaban J connectivity index is 0.00000338. The summed E-state index contributed by atoms with van der Waals surface area (Å²) in [5.74, 6) is 1.64. The molecule has 0 heterocycles.